The number of amides is 2. The topological polar surface area (TPSA) is 132 Å². The van der Waals surface area contributed by atoms with Gasteiger partial charge in [-0.3, -0.25) is 14.4 Å². The lowest BCUT2D eigenvalue weighted by molar-refractivity contribution is -0.141. The van der Waals surface area contributed by atoms with Gasteiger partial charge >= 0.3 is 0 Å². The Morgan fingerprint density at radius 1 is 1.16 bits per heavy atom. The summed E-state index contributed by atoms with van der Waals surface area (Å²) in [5, 5.41) is 8.37. The third kappa shape index (κ3) is 6.19. The standard InChI is InChI=1S/C25H42N6O5S/c1-16-12-18(36-28-16)15-31-24(33)21-13-19(37(34,35)29-25(2)8-9-25)4-5-20(21)22(27-31)23(32)26-14-17-6-10-30(3)11-7-17/h16-21,28-29H,4-15H2,1-3H3,(H,26,32). The minimum atomic E-state index is -3.57. The summed E-state index contributed by atoms with van der Waals surface area (Å²) in [6, 6.07) is 0.165. The van der Waals surface area contributed by atoms with Crippen LogP contribution in [0.3, 0.4) is 0 Å². The lowest BCUT2D eigenvalue weighted by atomic mass is 9.74. The highest BCUT2D eigenvalue weighted by molar-refractivity contribution is 7.90. The van der Waals surface area contributed by atoms with E-state index in [0.29, 0.717) is 31.0 Å². The van der Waals surface area contributed by atoms with Gasteiger partial charge in [0.05, 0.1) is 11.8 Å². The van der Waals surface area contributed by atoms with E-state index in [1.807, 2.05) is 13.8 Å². The zero-order chi connectivity index (χ0) is 26.4. The number of rotatable bonds is 8. The molecule has 2 amide bonds. The third-order valence-corrected chi connectivity index (χ3v) is 10.9. The van der Waals surface area contributed by atoms with E-state index in [9.17, 15) is 18.0 Å². The van der Waals surface area contributed by atoms with Crippen LogP contribution in [0.15, 0.2) is 5.10 Å². The van der Waals surface area contributed by atoms with E-state index < -0.39 is 21.2 Å². The first-order valence-electron chi connectivity index (χ1n) is 13.8. The van der Waals surface area contributed by atoms with E-state index in [0.717, 1.165) is 45.2 Å². The average molecular weight is 539 g/mol. The Kier molecular flexibility index (Phi) is 7.67. The summed E-state index contributed by atoms with van der Waals surface area (Å²) in [6.07, 6.45) is 5.30. The molecule has 11 nitrogen and oxygen atoms in total. The van der Waals surface area contributed by atoms with Crippen LogP contribution in [0.4, 0.5) is 0 Å². The number of likely N-dealkylation sites (tertiary alicyclic amines) is 1. The number of hydroxylamine groups is 1. The molecule has 4 fully saturated rings. The molecule has 2 saturated carbocycles. The monoisotopic (exact) mass is 538 g/mol. The second-order valence-corrected chi connectivity index (χ2v) is 14.2. The van der Waals surface area contributed by atoms with Gasteiger partial charge in [-0.2, -0.15) is 10.6 Å². The van der Waals surface area contributed by atoms with E-state index in [1.165, 1.54) is 5.01 Å². The quantitative estimate of drug-likeness (QED) is 0.412. The van der Waals surface area contributed by atoms with Gasteiger partial charge in [-0.15, -0.1) is 0 Å². The van der Waals surface area contributed by atoms with Gasteiger partial charge < -0.3 is 10.2 Å². The first kappa shape index (κ1) is 27.0. The molecule has 5 rings (SSSR count). The molecule has 0 aromatic carbocycles. The number of fused-ring (bicyclic) bond motifs is 1. The summed E-state index contributed by atoms with van der Waals surface area (Å²) >= 11 is 0. The number of carbonyl (C=O) groups excluding carboxylic acids is 2. The average Bonchev–Trinajstić information content (AvgIpc) is 3.43. The number of sulfonamides is 1. The highest BCUT2D eigenvalue weighted by Crippen LogP contribution is 2.41. The maximum atomic E-state index is 13.6. The molecule has 37 heavy (non-hydrogen) atoms. The molecule has 3 heterocycles. The lowest BCUT2D eigenvalue weighted by Crippen LogP contribution is -2.55. The zero-order valence-corrected chi connectivity index (χ0v) is 23.1. The molecule has 3 aliphatic heterocycles. The van der Waals surface area contributed by atoms with Crippen LogP contribution in [-0.4, -0.2) is 92.0 Å². The largest absolute Gasteiger partial charge is 0.351 e. The van der Waals surface area contributed by atoms with Gasteiger partial charge in [0, 0.05) is 30.0 Å². The highest BCUT2D eigenvalue weighted by Gasteiger charge is 2.50. The molecule has 0 bridgehead atoms. The van der Waals surface area contributed by atoms with E-state index in [1.54, 1.807) is 0 Å². The molecule has 2 aliphatic carbocycles. The Labute approximate surface area is 220 Å². The van der Waals surface area contributed by atoms with Crippen LogP contribution < -0.4 is 15.5 Å². The van der Waals surface area contributed by atoms with Crippen molar-refractivity contribution in [3.05, 3.63) is 0 Å². The smallest absolute Gasteiger partial charge is 0.267 e. The number of hydrogen-bond donors (Lipinski definition) is 3. The number of nitrogens with one attached hydrogen (secondary N) is 3. The Morgan fingerprint density at radius 3 is 2.54 bits per heavy atom. The maximum Gasteiger partial charge on any atom is 0.267 e. The number of carbonyl (C=O) groups is 2. The third-order valence-electron chi connectivity index (χ3n) is 8.83. The molecular formula is C25H42N6O5S. The molecule has 2 saturated heterocycles. The van der Waals surface area contributed by atoms with Crippen LogP contribution in [-0.2, 0) is 24.4 Å². The van der Waals surface area contributed by atoms with Crippen LogP contribution in [0, 0.1) is 17.8 Å². The van der Waals surface area contributed by atoms with Crippen molar-refractivity contribution in [2.45, 2.75) is 88.1 Å². The second kappa shape index (κ2) is 10.5. The van der Waals surface area contributed by atoms with Crippen LogP contribution in [0.5, 0.6) is 0 Å². The minimum Gasteiger partial charge on any atom is -0.351 e. The first-order valence-corrected chi connectivity index (χ1v) is 15.4. The summed E-state index contributed by atoms with van der Waals surface area (Å²) in [7, 11) is -1.46. The molecule has 0 aromatic heterocycles. The fraction of sp³-hybridized carbons (Fsp3) is 0.880. The van der Waals surface area contributed by atoms with Crippen molar-refractivity contribution in [3.63, 3.8) is 0 Å². The molecule has 5 atom stereocenters. The number of hydrazone groups is 1. The number of hydrogen-bond acceptors (Lipinski definition) is 8. The molecule has 5 aliphatic rings. The van der Waals surface area contributed by atoms with Crippen LogP contribution in [0.2, 0.25) is 0 Å². The Bertz CT molecular complexity index is 1020. The lowest BCUT2D eigenvalue weighted by Gasteiger charge is -2.41. The minimum absolute atomic E-state index is 0.165. The molecule has 0 radical (unpaired) electrons. The van der Waals surface area contributed by atoms with Crippen molar-refractivity contribution in [1.82, 2.24) is 25.4 Å². The molecule has 0 spiro atoms. The van der Waals surface area contributed by atoms with E-state index in [2.05, 4.69) is 32.6 Å². The number of piperidine rings is 1. The summed E-state index contributed by atoms with van der Waals surface area (Å²) in [4.78, 5) is 34.9. The summed E-state index contributed by atoms with van der Waals surface area (Å²) in [6.45, 7) is 6.78. The van der Waals surface area contributed by atoms with Gasteiger partial charge in [-0.25, -0.2) is 18.1 Å². The van der Waals surface area contributed by atoms with E-state index >= 15 is 0 Å². The normalized spacial score (nSPS) is 34.7. The SMILES string of the molecule is CC1CC(CN2N=C(C(=O)NCC3CCN(C)CC3)C3CCC(S(=O)(=O)NC4(C)CC4)CC3C2=O)ON1. The fourth-order valence-electron chi connectivity index (χ4n) is 6.12. The number of nitrogens with zero attached hydrogens (tertiary/aromatic N) is 3. The van der Waals surface area contributed by atoms with E-state index in [4.69, 9.17) is 4.84 Å². The Morgan fingerprint density at radius 2 is 1.89 bits per heavy atom. The summed E-state index contributed by atoms with van der Waals surface area (Å²) in [5.74, 6) is -0.984. The van der Waals surface area contributed by atoms with Crippen molar-refractivity contribution >= 4 is 27.5 Å². The fourth-order valence-corrected chi connectivity index (χ4v) is 8.09. The maximum absolute atomic E-state index is 13.6. The predicted octanol–water partition coefficient (Wildman–Crippen LogP) is 0.581. The first-order chi connectivity index (χ1) is 17.5. The van der Waals surface area contributed by atoms with Gasteiger partial charge in [0.25, 0.3) is 5.91 Å². The molecule has 5 unspecified atom stereocenters. The molecule has 0 aromatic rings. The van der Waals surface area contributed by atoms with Gasteiger partial charge in [0.1, 0.15) is 11.8 Å². The Balaban J connectivity index is 1.31. The van der Waals surface area contributed by atoms with Crippen LogP contribution in [0.25, 0.3) is 0 Å². The molecule has 208 valence electrons. The van der Waals surface area contributed by atoms with E-state index in [-0.39, 0.29) is 48.4 Å². The van der Waals surface area contributed by atoms with Crippen molar-refractivity contribution in [1.29, 1.82) is 0 Å². The summed E-state index contributed by atoms with van der Waals surface area (Å²) in [5.41, 5.74) is 2.92. The van der Waals surface area contributed by atoms with Crippen LogP contribution >= 0.6 is 0 Å². The molecule has 12 heteroatoms. The zero-order valence-electron chi connectivity index (χ0n) is 22.2. The highest BCUT2D eigenvalue weighted by atomic mass is 32.2. The second-order valence-electron chi connectivity index (χ2n) is 12.2. The predicted molar refractivity (Wildman–Crippen MR) is 139 cm³/mol. The van der Waals surface area contributed by atoms with Crippen molar-refractivity contribution in [2.24, 2.45) is 22.9 Å². The van der Waals surface area contributed by atoms with Crippen molar-refractivity contribution in [2.75, 3.05) is 33.2 Å². The Hall–Kier alpha value is -1.60. The van der Waals surface area contributed by atoms with Gasteiger partial charge in [0.15, 0.2) is 0 Å². The van der Waals surface area contributed by atoms with Gasteiger partial charge in [0.2, 0.25) is 15.9 Å². The van der Waals surface area contributed by atoms with Gasteiger partial charge in [-0.1, -0.05) is 0 Å². The van der Waals surface area contributed by atoms with Crippen molar-refractivity contribution < 1.29 is 22.8 Å². The molecular weight excluding hydrogens is 496 g/mol. The van der Waals surface area contributed by atoms with Gasteiger partial charge in [-0.05, 0) is 91.3 Å². The summed E-state index contributed by atoms with van der Waals surface area (Å²) < 4.78 is 29.2. The molecule has 3 N–H and O–H groups in total. The van der Waals surface area contributed by atoms with Crippen LogP contribution in [0.1, 0.15) is 65.2 Å². The van der Waals surface area contributed by atoms with Crippen molar-refractivity contribution in [3.8, 4) is 0 Å².